The summed E-state index contributed by atoms with van der Waals surface area (Å²) >= 11 is 3.43. The molecule has 1 aromatic heterocycles. The van der Waals surface area contributed by atoms with Crippen LogP contribution in [0.1, 0.15) is 17.0 Å². The van der Waals surface area contributed by atoms with Crippen molar-refractivity contribution in [3.05, 3.63) is 66.4 Å². The number of halogens is 1. The topological polar surface area (TPSA) is 140 Å². The fourth-order valence-electron chi connectivity index (χ4n) is 4.13. The number of hydrogen-bond acceptors (Lipinski definition) is 8. The number of benzene rings is 2. The van der Waals surface area contributed by atoms with E-state index < -0.39 is 22.3 Å². The zero-order valence-corrected chi connectivity index (χ0v) is 19.3. The van der Waals surface area contributed by atoms with Crippen molar-refractivity contribution >= 4 is 38.4 Å². The standard InChI is InChI=1S/C22H17BrN4O6/c1-26-15-5-4-11(27(29)30)8-12(15)19-18(22(26)28)17(13(9-24)21(25)33-19)10-6-14(23)20(32-3)16(7-10)31-2/h4-8,13,17,25H,1-3H3. The van der Waals surface area contributed by atoms with Gasteiger partial charge < -0.3 is 18.8 Å². The first kappa shape index (κ1) is 22.3. The summed E-state index contributed by atoms with van der Waals surface area (Å²) in [6.45, 7) is 0. The summed E-state index contributed by atoms with van der Waals surface area (Å²) in [6.07, 6.45) is 0. The third-order valence-electron chi connectivity index (χ3n) is 5.67. The molecule has 2 unspecified atom stereocenters. The van der Waals surface area contributed by atoms with Gasteiger partial charge in [0.05, 0.1) is 40.8 Å². The number of methoxy groups -OCH3 is 2. The average molecular weight is 513 g/mol. The molecule has 0 radical (unpaired) electrons. The van der Waals surface area contributed by atoms with E-state index in [1.54, 1.807) is 19.2 Å². The van der Waals surface area contributed by atoms with Crippen molar-refractivity contribution in [3.63, 3.8) is 0 Å². The van der Waals surface area contributed by atoms with Crippen molar-refractivity contribution in [2.24, 2.45) is 13.0 Å². The Labute approximate surface area is 195 Å². The molecule has 0 amide bonds. The van der Waals surface area contributed by atoms with Crippen LogP contribution in [0.15, 0.2) is 39.6 Å². The van der Waals surface area contributed by atoms with E-state index in [1.807, 2.05) is 0 Å². The Bertz CT molecular complexity index is 1440. The predicted molar refractivity (Wildman–Crippen MR) is 122 cm³/mol. The smallest absolute Gasteiger partial charge is 0.270 e. The molecular formula is C22H17BrN4O6. The first-order valence-electron chi connectivity index (χ1n) is 9.61. The molecule has 0 fully saturated rings. The molecule has 2 heterocycles. The maximum absolute atomic E-state index is 13.5. The maximum Gasteiger partial charge on any atom is 0.270 e. The predicted octanol–water partition coefficient (Wildman–Crippen LogP) is 3.87. The highest BCUT2D eigenvalue weighted by Gasteiger charge is 2.41. The number of nitro groups is 1. The molecule has 2 aromatic carbocycles. The summed E-state index contributed by atoms with van der Waals surface area (Å²) in [5.74, 6) is -1.52. The number of nitro benzene ring substituents is 1. The lowest BCUT2D eigenvalue weighted by Gasteiger charge is -2.31. The fraction of sp³-hybridized carbons (Fsp3) is 0.227. The van der Waals surface area contributed by atoms with Gasteiger partial charge in [0.2, 0.25) is 5.90 Å². The van der Waals surface area contributed by atoms with Gasteiger partial charge in [0.1, 0.15) is 11.7 Å². The van der Waals surface area contributed by atoms with Gasteiger partial charge in [-0.05, 0) is 39.7 Å². The Morgan fingerprint density at radius 2 is 2.00 bits per heavy atom. The van der Waals surface area contributed by atoms with Gasteiger partial charge in [0.15, 0.2) is 11.5 Å². The average Bonchev–Trinajstić information content (AvgIpc) is 2.80. The number of nitrogens with one attached hydrogen (secondary N) is 1. The second-order valence-corrected chi connectivity index (χ2v) is 8.21. The highest BCUT2D eigenvalue weighted by molar-refractivity contribution is 9.10. The minimum Gasteiger partial charge on any atom is -0.493 e. The molecule has 4 rings (SSSR count). The van der Waals surface area contributed by atoms with Gasteiger partial charge in [-0.3, -0.25) is 20.3 Å². The number of pyridine rings is 1. The molecule has 10 nitrogen and oxygen atoms in total. The monoisotopic (exact) mass is 512 g/mol. The number of fused-ring (bicyclic) bond motifs is 3. The minimum atomic E-state index is -1.11. The van der Waals surface area contributed by atoms with Gasteiger partial charge in [-0.15, -0.1) is 0 Å². The second kappa shape index (κ2) is 8.22. The molecule has 0 bridgehead atoms. The van der Waals surface area contributed by atoms with Crippen molar-refractivity contribution in [2.45, 2.75) is 5.92 Å². The molecule has 0 spiro atoms. The minimum absolute atomic E-state index is 0.0317. The lowest BCUT2D eigenvalue weighted by Crippen LogP contribution is -2.37. The summed E-state index contributed by atoms with van der Waals surface area (Å²) in [5, 5.41) is 29.9. The number of aryl methyl sites for hydroxylation is 1. The van der Waals surface area contributed by atoms with Crippen molar-refractivity contribution in [3.8, 4) is 23.3 Å². The van der Waals surface area contributed by atoms with Crippen LogP contribution < -0.4 is 19.8 Å². The zero-order valence-electron chi connectivity index (χ0n) is 17.7. The number of nitriles is 1. The molecule has 1 N–H and O–H groups in total. The van der Waals surface area contributed by atoms with Crippen LogP contribution >= 0.6 is 15.9 Å². The van der Waals surface area contributed by atoms with Gasteiger partial charge in [-0.25, -0.2) is 0 Å². The van der Waals surface area contributed by atoms with Crippen LogP contribution in [0, 0.1) is 32.8 Å². The van der Waals surface area contributed by atoms with E-state index in [0.29, 0.717) is 32.4 Å². The quantitative estimate of drug-likeness (QED) is 0.413. The highest BCUT2D eigenvalue weighted by Crippen LogP contribution is 2.47. The molecule has 168 valence electrons. The van der Waals surface area contributed by atoms with E-state index in [1.165, 1.54) is 37.0 Å². The summed E-state index contributed by atoms with van der Waals surface area (Å²) in [7, 11) is 4.48. The number of ether oxygens (including phenoxy) is 3. The van der Waals surface area contributed by atoms with Crippen LogP contribution in [0.2, 0.25) is 0 Å². The largest absolute Gasteiger partial charge is 0.493 e. The third kappa shape index (κ3) is 3.39. The van der Waals surface area contributed by atoms with Gasteiger partial charge in [0.25, 0.3) is 11.2 Å². The Hall–Kier alpha value is -3.91. The molecule has 1 aliphatic heterocycles. The Morgan fingerprint density at radius 1 is 1.27 bits per heavy atom. The Kier molecular flexibility index (Phi) is 5.55. The van der Waals surface area contributed by atoms with E-state index in [4.69, 9.17) is 19.6 Å². The van der Waals surface area contributed by atoms with E-state index >= 15 is 0 Å². The summed E-state index contributed by atoms with van der Waals surface area (Å²) in [4.78, 5) is 24.3. The van der Waals surface area contributed by atoms with Crippen molar-refractivity contribution in [1.29, 1.82) is 10.7 Å². The molecule has 0 aliphatic carbocycles. The van der Waals surface area contributed by atoms with Crippen molar-refractivity contribution < 1.29 is 19.1 Å². The Balaban J connectivity index is 2.11. The number of rotatable bonds is 4. The first-order chi connectivity index (χ1) is 15.7. The molecular weight excluding hydrogens is 496 g/mol. The number of non-ortho nitro benzene ring substituents is 1. The van der Waals surface area contributed by atoms with Gasteiger partial charge in [-0.1, -0.05) is 0 Å². The lowest BCUT2D eigenvalue weighted by atomic mass is 9.79. The molecule has 1 aliphatic rings. The van der Waals surface area contributed by atoms with Crippen LogP contribution in [0.5, 0.6) is 17.2 Å². The molecule has 0 saturated carbocycles. The van der Waals surface area contributed by atoms with Gasteiger partial charge in [0, 0.05) is 30.5 Å². The van der Waals surface area contributed by atoms with E-state index in [0.717, 1.165) is 0 Å². The molecule has 2 atom stereocenters. The number of aromatic nitrogens is 1. The second-order valence-electron chi connectivity index (χ2n) is 7.35. The van der Waals surface area contributed by atoms with Crippen LogP contribution in [0.25, 0.3) is 10.9 Å². The molecule has 3 aromatic rings. The molecule has 0 saturated heterocycles. The number of hydrogen-bond donors (Lipinski definition) is 1. The van der Waals surface area contributed by atoms with E-state index in [2.05, 4.69) is 22.0 Å². The summed E-state index contributed by atoms with van der Waals surface area (Å²) < 4.78 is 18.3. The summed E-state index contributed by atoms with van der Waals surface area (Å²) in [5.41, 5.74) is 0.426. The van der Waals surface area contributed by atoms with Crippen LogP contribution in [0.3, 0.4) is 0 Å². The van der Waals surface area contributed by atoms with E-state index in [9.17, 15) is 20.2 Å². The normalized spacial score (nSPS) is 17.1. The van der Waals surface area contributed by atoms with Crippen molar-refractivity contribution in [2.75, 3.05) is 14.2 Å². The van der Waals surface area contributed by atoms with Gasteiger partial charge >= 0.3 is 0 Å². The summed E-state index contributed by atoms with van der Waals surface area (Å²) in [6, 6.07) is 9.44. The molecule has 33 heavy (non-hydrogen) atoms. The van der Waals surface area contributed by atoms with Crippen LogP contribution in [-0.2, 0) is 7.05 Å². The van der Waals surface area contributed by atoms with Crippen LogP contribution in [-0.4, -0.2) is 29.6 Å². The first-order valence-corrected chi connectivity index (χ1v) is 10.4. The van der Waals surface area contributed by atoms with Gasteiger partial charge in [-0.2, -0.15) is 5.26 Å². The SMILES string of the molecule is COc1cc(C2c3c(c4cc([N+](=O)[O-])ccc4n(C)c3=O)OC(=N)C2C#N)cc(Br)c1OC. The van der Waals surface area contributed by atoms with Crippen molar-refractivity contribution in [1.82, 2.24) is 4.57 Å². The maximum atomic E-state index is 13.5. The lowest BCUT2D eigenvalue weighted by molar-refractivity contribution is -0.384. The highest BCUT2D eigenvalue weighted by atomic mass is 79.9. The number of nitrogens with zero attached hydrogens (tertiary/aromatic N) is 3. The Morgan fingerprint density at radius 3 is 2.61 bits per heavy atom. The van der Waals surface area contributed by atoms with Crippen LogP contribution in [0.4, 0.5) is 5.69 Å². The molecule has 11 heteroatoms. The van der Waals surface area contributed by atoms with E-state index in [-0.39, 0.29) is 22.9 Å². The zero-order chi connectivity index (χ0) is 24.0. The fourth-order valence-corrected chi connectivity index (χ4v) is 4.75. The third-order valence-corrected chi connectivity index (χ3v) is 6.26.